The van der Waals surface area contributed by atoms with Crippen molar-refractivity contribution in [2.45, 2.75) is 57.7 Å². The smallest absolute Gasteiger partial charge is 0.0240 e. The molecule has 1 saturated carbocycles. The summed E-state index contributed by atoms with van der Waals surface area (Å²) in [6.45, 7) is 4.59. The highest BCUT2D eigenvalue weighted by atomic mass is 15.2. The summed E-state index contributed by atoms with van der Waals surface area (Å²) in [6, 6.07) is 22.7. The van der Waals surface area contributed by atoms with Crippen LogP contribution in [0.5, 0.6) is 0 Å². The zero-order valence-electron chi connectivity index (χ0n) is 15.9. The molecule has 2 nitrogen and oxygen atoms in total. The van der Waals surface area contributed by atoms with Crippen molar-refractivity contribution in [3.8, 4) is 0 Å². The summed E-state index contributed by atoms with van der Waals surface area (Å²) in [5.41, 5.74) is 3.46. The lowest BCUT2D eigenvalue weighted by Gasteiger charge is -2.46. The van der Waals surface area contributed by atoms with Crippen molar-refractivity contribution >= 4 is 0 Å². The standard InChI is InChI=1S/C24H32N2/c1-3-8-21(9-4-1)18-26(19-22-10-5-2-6-11-22)23-12-15-24(16-13-23)14-7-17-25-20-24/h1-6,8-11,23,25H,7,12-20H2. The molecular formula is C24H32N2. The zero-order valence-corrected chi connectivity index (χ0v) is 15.9. The van der Waals surface area contributed by atoms with Gasteiger partial charge in [-0.15, -0.1) is 0 Å². The molecule has 1 N–H and O–H groups in total. The molecule has 1 spiro atoms. The van der Waals surface area contributed by atoms with E-state index in [1.165, 1.54) is 62.7 Å². The van der Waals surface area contributed by atoms with Gasteiger partial charge in [-0.2, -0.15) is 0 Å². The van der Waals surface area contributed by atoms with E-state index < -0.39 is 0 Å². The lowest BCUT2D eigenvalue weighted by Crippen LogP contribution is -2.46. The Bertz CT molecular complexity index is 610. The fourth-order valence-corrected chi connectivity index (χ4v) is 4.99. The molecule has 0 amide bonds. The van der Waals surface area contributed by atoms with Gasteiger partial charge in [0.15, 0.2) is 0 Å². The lowest BCUT2D eigenvalue weighted by molar-refractivity contribution is 0.0615. The number of hydrogen-bond donors (Lipinski definition) is 1. The molecular weight excluding hydrogens is 316 g/mol. The molecule has 1 aliphatic carbocycles. The van der Waals surface area contributed by atoms with Crippen molar-refractivity contribution in [1.29, 1.82) is 0 Å². The quantitative estimate of drug-likeness (QED) is 0.818. The molecule has 2 aromatic carbocycles. The van der Waals surface area contributed by atoms with Crippen molar-refractivity contribution in [2.75, 3.05) is 13.1 Å². The van der Waals surface area contributed by atoms with E-state index in [1.807, 2.05) is 0 Å². The van der Waals surface area contributed by atoms with Gasteiger partial charge in [-0.05, 0) is 61.6 Å². The second kappa shape index (κ2) is 8.37. The molecule has 1 aliphatic heterocycles. The summed E-state index contributed by atoms with van der Waals surface area (Å²) >= 11 is 0. The minimum Gasteiger partial charge on any atom is -0.316 e. The van der Waals surface area contributed by atoms with Gasteiger partial charge < -0.3 is 5.32 Å². The van der Waals surface area contributed by atoms with Gasteiger partial charge in [0.05, 0.1) is 0 Å². The molecule has 138 valence electrons. The van der Waals surface area contributed by atoms with E-state index in [9.17, 15) is 0 Å². The maximum absolute atomic E-state index is 3.66. The van der Waals surface area contributed by atoms with Crippen LogP contribution in [-0.2, 0) is 13.1 Å². The van der Waals surface area contributed by atoms with E-state index in [4.69, 9.17) is 0 Å². The van der Waals surface area contributed by atoms with Crippen LogP contribution in [0.15, 0.2) is 60.7 Å². The molecule has 0 radical (unpaired) electrons. The Balaban J connectivity index is 1.45. The molecule has 0 unspecified atom stereocenters. The van der Waals surface area contributed by atoms with Crippen LogP contribution < -0.4 is 5.32 Å². The molecule has 2 fully saturated rings. The molecule has 2 aliphatic rings. The average molecular weight is 349 g/mol. The number of nitrogens with one attached hydrogen (secondary N) is 1. The van der Waals surface area contributed by atoms with E-state index >= 15 is 0 Å². The first-order chi connectivity index (χ1) is 12.8. The van der Waals surface area contributed by atoms with Crippen LogP contribution in [0, 0.1) is 5.41 Å². The van der Waals surface area contributed by atoms with Crippen LogP contribution in [0.1, 0.15) is 49.7 Å². The van der Waals surface area contributed by atoms with Crippen molar-refractivity contribution < 1.29 is 0 Å². The maximum Gasteiger partial charge on any atom is 0.0240 e. The van der Waals surface area contributed by atoms with Gasteiger partial charge in [-0.1, -0.05) is 60.7 Å². The SMILES string of the molecule is c1ccc(CN(Cc2ccccc2)C2CCC3(CCCNC3)CC2)cc1. The Morgan fingerprint density at radius 2 is 1.38 bits per heavy atom. The molecule has 0 atom stereocenters. The van der Waals surface area contributed by atoms with Gasteiger partial charge in [0.1, 0.15) is 0 Å². The predicted octanol–water partition coefficient (Wildman–Crippen LogP) is 5.00. The van der Waals surface area contributed by atoms with Crippen LogP contribution in [0.4, 0.5) is 0 Å². The highest BCUT2D eigenvalue weighted by Gasteiger charge is 2.37. The van der Waals surface area contributed by atoms with Crippen LogP contribution in [-0.4, -0.2) is 24.0 Å². The highest BCUT2D eigenvalue weighted by Crippen LogP contribution is 2.42. The minimum atomic E-state index is 0.597. The Kier molecular flexibility index (Phi) is 5.72. The fourth-order valence-electron chi connectivity index (χ4n) is 4.99. The van der Waals surface area contributed by atoms with Crippen LogP contribution in [0.3, 0.4) is 0 Å². The Labute approximate surface area is 158 Å². The normalized spacial score (nSPS) is 26.3. The van der Waals surface area contributed by atoms with Gasteiger partial charge in [0, 0.05) is 25.7 Å². The Morgan fingerprint density at radius 1 is 0.808 bits per heavy atom. The number of piperidine rings is 1. The third kappa shape index (κ3) is 4.36. The van der Waals surface area contributed by atoms with E-state index in [1.54, 1.807) is 0 Å². The van der Waals surface area contributed by atoms with Crippen molar-refractivity contribution in [1.82, 2.24) is 10.2 Å². The van der Waals surface area contributed by atoms with E-state index in [2.05, 4.69) is 70.9 Å². The van der Waals surface area contributed by atoms with Crippen molar-refractivity contribution in [3.05, 3.63) is 71.8 Å². The average Bonchev–Trinajstić information content (AvgIpc) is 2.70. The molecule has 2 aromatic rings. The van der Waals surface area contributed by atoms with Crippen molar-refractivity contribution in [3.63, 3.8) is 0 Å². The third-order valence-corrected chi connectivity index (χ3v) is 6.55. The molecule has 26 heavy (non-hydrogen) atoms. The van der Waals surface area contributed by atoms with Gasteiger partial charge >= 0.3 is 0 Å². The van der Waals surface area contributed by atoms with Crippen LogP contribution >= 0.6 is 0 Å². The molecule has 1 heterocycles. The summed E-state index contributed by atoms with van der Waals surface area (Å²) < 4.78 is 0. The van der Waals surface area contributed by atoms with Gasteiger partial charge in [0.25, 0.3) is 0 Å². The largest absolute Gasteiger partial charge is 0.316 e. The highest BCUT2D eigenvalue weighted by molar-refractivity contribution is 5.17. The zero-order chi connectivity index (χ0) is 17.7. The molecule has 1 saturated heterocycles. The van der Waals surface area contributed by atoms with Crippen LogP contribution in [0.25, 0.3) is 0 Å². The van der Waals surface area contributed by atoms with Gasteiger partial charge in [0.2, 0.25) is 0 Å². The minimum absolute atomic E-state index is 0.597. The summed E-state index contributed by atoms with van der Waals surface area (Å²) in [5.74, 6) is 0. The summed E-state index contributed by atoms with van der Waals surface area (Å²) in [7, 11) is 0. The monoisotopic (exact) mass is 348 g/mol. The predicted molar refractivity (Wildman–Crippen MR) is 109 cm³/mol. The Morgan fingerprint density at radius 3 is 1.88 bits per heavy atom. The molecule has 0 bridgehead atoms. The summed E-state index contributed by atoms with van der Waals surface area (Å²) in [5, 5.41) is 3.66. The van der Waals surface area contributed by atoms with E-state index in [0.29, 0.717) is 11.5 Å². The summed E-state index contributed by atoms with van der Waals surface area (Å²) in [4.78, 5) is 2.73. The topological polar surface area (TPSA) is 15.3 Å². The Hall–Kier alpha value is -1.64. The first-order valence-corrected chi connectivity index (χ1v) is 10.4. The summed E-state index contributed by atoms with van der Waals surface area (Å²) in [6.07, 6.45) is 8.28. The first-order valence-electron chi connectivity index (χ1n) is 10.4. The van der Waals surface area contributed by atoms with Crippen molar-refractivity contribution in [2.24, 2.45) is 5.41 Å². The number of benzene rings is 2. The van der Waals surface area contributed by atoms with Crippen LogP contribution in [0.2, 0.25) is 0 Å². The van der Waals surface area contributed by atoms with Gasteiger partial charge in [-0.3, -0.25) is 4.90 Å². The lowest BCUT2D eigenvalue weighted by atomic mass is 9.68. The second-order valence-corrected chi connectivity index (χ2v) is 8.39. The molecule has 0 aromatic heterocycles. The number of rotatable bonds is 5. The number of nitrogens with zero attached hydrogens (tertiary/aromatic N) is 1. The number of hydrogen-bond acceptors (Lipinski definition) is 2. The molecule has 2 heteroatoms. The second-order valence-electron chi connectivity index (χ2n) is 8.39. The first kappa shape index (κ1) is 17.8. The van der Waals surface area contributed by atoms with Gasteiger partial charge in [-0.25, -0.2) is 0 Å². The fraction of sp³-hybridized carbons (Fsp3) is 0.500. The maximum atomic E-state index is 3.66. The van der Waals surface area contributed by atoms with E-state index in [0.717, 1.165) is 13.1 Å². The third-order valence-electron chi connectivity index (χ3n) is 6.55. The van der Waals surface area contributed by atoms with E-state index in [-0.39, 0.29) is 0 Å². The molecule has 4 rings (SSSR count).